The maximum atomic E-state index is 10.8. The Morgan fingerprint density at radius 2 is 2.00 bits per heavy atom. The highest BCUT2D eigenvalue weighted by atomic mass is 16.4. The van der Waals surface area contributed by atoms with Crippen molar-refractivity contribution in [1.82, 2.24) is 5.32 Å². The molecule has 2 N–H and O–H groups in total. The van der Waals surface area contributed by atoms with E-state index in [-0.39, 0.29) is 5.57 Å². The lowest BCUT2D eigenvalue weighted by Crippen LogP contribution is -2.12. The maximum absolute atomic E-state index is 10.8. The van der Waals surface area contributed by atoms with Crippen LogP contribution >= 0.6 is 0 Å². The number of hydrogen-bond acceptors (Lipinski definition) is 3. The van der Waals surface area contributed by atoms with Crippen LogP contribution in [0.15, 0.2) is 35.9 Å². The van der Waals surface area contributed by atoms with Crippen LogP contribution in [0.5, 0.6) is 0 Å². The largest absolute Gasteiger partial charge is 0.477 e. The molecule has 0 aliphatic rings. The van der Waals surface area contributed by atoms with Crippen LogP contribution < -0.4 is 5.32 Å². The van der Waals surface area contributed by atoms with Gasteiger partial charge in [0.05, 0.1) is 5.70 Å². The molecule has 4 nitrogen and oxygen atoms in total. The molecule has 0 saturated carbocycles. The van der Waals surface area contributed by atoms with Crippen LogP contribution in [0.2, 0.25) is 0 Å². The SMILES string of the molecule is CN/C(=C(/C#N)C(=O)O)c1ccccc1. The van der Waals surface area contributed by atoms with Crippen molar-refractivity contribution in [2.45, 2.75) is 0 Å². The third-order valence-electron chi connectivity index (χ3n) is 1.89. The highest BCUT2D eigenvalue weighted by molar-refractivity contribution is 5.99. The van der Waals surface area contributed by atoms with Gasteiger partial charge in [-0.3, -0.25) is 0 Å². The highest BCUT2D eigenvalue weighted by Gasteiger charge is 2.14. The molecule has 1 aromatic carbocycles. The van der Waals surface area contributed by atoms with Gasteiger partial charge < -0.3 is 10.4 Å². The van der Waals surface area contributed by atoms with E-state index >= 15 is 0 Å². The average molecular weight is 202 g/mol. The molecular formula is C11H10N2O2. The van der Waals surface area contributed by atoms with Crippen LogP contribution in [-0.4, -0.2) is 18.1 Å². The van der Waals surface area contributed by atoms with E-state index in [0.717, 1.165) is 0 Å². The first-order chi connectivity index (χ1) is 7.20. The van der Waals surface area contributed by atoms with Crippen LogP contribution in [0.1, 0.15) is 5.56 Å². The second-order valence-electron chi connectivity index (χ2n) is 2.78. The molecule has 0 radical (unpaired) electrons. The van der Waals surface area contributed by atoms with Crippen LogP contribution in [0, 0.1) is 11.3 Å². The van der Waals surface area contributed by atoms with Crippen LogP contribution in [0.25, 0.3) is 5.70 Å². The molecule has 15 heavy (non-hydrogen) atoms. The quantitative estimate of drug-likeness (QED) is 0.571. The van der Waals surface area contributed by atoms with E-state index in [1.165, 1.54) is 0 Å². The molecule has 76 valence electrons. The second-order valence-corrected chi connectivity index (χ2v) is 2.78. The molecule has 0 spiro atoms. The van der Waals surface area contributed by atoms with E-state index in [1.807, 2.05) is 6.07 Å². The number of nitriles is 1. The third-order valence-corrected chi connectivity index (χ3v) is 1.89. The molecule has 0 aliphatic carbocycles. The molecule has 0 unspecified atom stereocenters. The topological polar surface area (TPSA) is 73.1 Å². The lowest BCUT2D eigenvalue weighted by molar-refractivity contribution is -0.132. The lowest BCUT2D eigenvalue weighted by Gasteiger charge is -2.07. The number of carboxylic acid groups (broad SMARTS) is 1. The van der Waals surface area contributed by atoms with Crippen molar-refractivity contribution < 1.29 is 9.90 Å². The lowest BCUT2D eigenvalue weighted by atomic mass is 10.1. The molecule has 1 aromatic rings. The highest BCUT2D eigenvalue weighted by Crippen LogP contribution is 2.14. The number of carbonyl (C=O) groups is 1. The zero-order valence-corrected chi connectivity index (χ0v) is 8.19. The van der Waals surface area contributed by atoms with Crippen LogP contribution in [0.3, 0.4) is 0 Å². The molecule has 0 amide bonds. The Bertz CT molecular complexity index is 430. The number of nitrogens with one attached hydrogen (secondary N) is 1. The summed E-state index contributed by atoms with van der Waals surface area (Å²) in [5.74, 6) is -1.23. The maximum Gasteiger partial charge on any atom is 0.348 e. The number of carboxylic acids is 1. The van der Waals surface area contributed by atoms with Crippen molar-refractivity contribution in [2.75, 3.05) is 7.05 Å². The standard InChI is InChI=1S/C11H10N2O2/c1-13-10(9(7-12)11(14)15)8-5-3-2-4-6-8/h2-6,13H,1H3,(H,14,15)/b10-9-. The van der Waals surface area contributed by atoms with Gasteiger partial charge in [0.15, 0.2) is 5.57 Å². The van der Waals surface area contributed by atoms with E-state index in [2.05, 4.69) is 5.32 Å². The van der Waals surface area contributed by atoms with E-state index in [0.29, 0.717) is 11.3 Å². The zero-order valence-electron chi connectivity index (χ0n) is 8.19. The number of aliphatic carboxylic acids is 1. The first-order valence-electron chi connectivity index (χ1n) is 4.31. The summed E-state index contributed by atoms with van der Waals surface area (Å²) < 4.78 is 0. The molecule has 0 atom stereocenters. The number of nitrogens with zero attached hydrogens (tertiary/aromatic N) is 1. The van der Waals surface area contributed by atoms with E-state index in [1.54, 1.807) is 37.4 Å². The first-order valence-corrected chi connectivity index (χ1v) is 4.31. The van der Waals surface area contributed by atoms with Gasteiger partial charge in [0, 0.05) is 7.05 Å². The van der Waals surface area contributed by atoms with Gasteiger partial charge in [0.2, 0.25) is 0 Å². The van der Waals surface area contributed by atoms with Gasteiger partial charge in [-0.05, 0) is 5.56 Å². The Kier molecular flexibility index (Phi) is 3.47. The minimum atomic E-state index is -1.23. The van der Waals surface area contributed by atoms with Gasteiger partial charge in [0.25, 0.3) is 0 Å². The van der Waals surface area contributed by atoms with Gasteiger partial charge in [-0.25, -0.2) is 4.79 Å². The van der Waals surface area contributed by atoms with Gasteiger partial charge in [-0.1, -0.05) is 30.3 Å². The third kappa shape index (κ3) is 2.35. The normalized spacial score (nSPS) is 11.2. The van der Waals surface area contributed by atoms with Gasteiger partial charge >= 0.3 is 5.97 Å². The number of benzene rings is 1. The predicted octanol–water partition coefficient (Wildman–Crippen LogP) is 1.23. The fraction of sp³-hybridized carbons (Fsp3) is 0.0909. The smallest absolute Gasteiger partial charge is 0.348 e. The molecule has 0 aromatic heterocycles. The Morgan fingerprint density at radius 1 is 1.40 bits per heavy atom. The summed E-state index contributed by atoms with van der Waals surface area (Å²) in [6.07, 6.45) is 0. The molecular weight excluding hydrogens is 192 g/mol. The van der Waals surface area contributed by atoms with Crippen molar-refractivity contribution in [1.29, 1.82) is 5.26 Å². The first kappa shape index (κ1) is 10.8. The minimum Gasteiger partial charge on any atom is -0.477 e. The van der Waals surface area contributed by atoms with Gasteiger partial charge in [0.1, 0.15) is 6.07 Å². The van der Waals surface area contributed by atoms with E-state index in [4.69, 9.17) is 10.4 Å². The van der Waals surface area contributed by atoms with Crippen LogP contribution in [0.4, 0.5) is 0 Å². The molecule has 0 aliphatic heterocycles. The van der Waals surface area contributed by atoms with Crippen molar-refractivity contribution in [3.63, 3.8) is 0 Å². The summed E-state index contributed by atoms with van der Waals surface area (Å²) in [6.45, 7) is 0. The van der Waals surface area contributed by atoms with Crippen molar-refractivity contribution in [3.8, 4) is 6.07 Å². The predicted molar refractivity (Wildman–Crippen MR) is 55.7 cm³/mol. The Labute approximate surface area is 87.5 Å². The second kappa shape index (κ2) is 4.82. The molecule has 0 heterocycles. The molecule has 0 saturated heterocycles. The van der Waals surface area contributed by atoms with Crippen molar-refractivity contribution in [2.24, 2.45) is 0 Å². The summed E-state index contributed by atoms with van der Waals surface area (Å²) in [6, 6.07) is 10.5. The molecule has 0 bridgehead atoms. The van der Waals surface area contributed by atoms with E-state index < -0.39 is 5.97 Å². The fourth-order valence-electron chi connectivity index (χ4n) is 1.23. The Balaban J connectivity index is 3.31. The molecule has 0 fully saturated rings. The number of rotatable bonds is 3. The number of hydrogen-bond donors (Lipinski definition) is 2. The zero-order chi connectivity index (χ0) is 11.3. The van der Waals surface area contributed by atoms with E-state index in [9.17, 15) is 4.79 Å². The summed E-state index contributed by atoms with van der Waals surface area (Å²) >= 11 is 0. The average Bonchev–Trinajstić information content (AvgIpc) is 2.26. The monoisotopic (exact) mass is 202 g/mol. The molecule has 1 rings (SSSR count). The van der Waals surface area contributed by atoms with Crippen LogP contribution in [-0.2, 0) is 4.79 Å². The van der Waals surface area contributed by atoms with Crippen molar-refractivity contribution in [3.05, 3.63) is 41.5 Å². The fourth-order valence-corrected chi connectivity index (χ4v) is 1.23. The molecule has 4 heteroatoms. The summed E-state index contributed by atoms with van der Waals surface area (Å²) in [4.78, 5) is 10.8. The van der Waals surface area contributed by atoms with Crippen molar-refractivity contribution >= 4 is 11.7 Å². The Hall–Kier alpha value is -2.28. The minimum absolute atomic E-state index is 0.288. The summed E-state index contributed by atoms with van der Waals surface area (Å²) in [7, 11) is 1.59. The Morgan fingerprint density at radius 3 is 2.40 bits per heavy atom. The summed E-state index contributed by atoms with van der Waals surface area (Å²) in [5, 5.41) is 20.3. The van der Waals surface area contributed by atoms with Gasteiger partial charge in [-0.2, -0.15) is 5.26 Å². The summed E-state index contributed by atoms with van der Waals surface area (Å²) in [5.41, 5.74) is 0.716. The van der Waals surface area contributed by atoms with Gasteiger partial charge in [-0.15, -0.1) is 0 Å².